The highest BCUT2D eigenvalue weighted by Gasteiger charge is 2.32. The second-order valence-corrected chi connectivity index (χ2v) is 6.54. The molecule has 0 atom stereocenters. The molecule has 2 nitrogen and oxygen atoms in total. The van der Waals surface area contributed by atoms with Gasteiger partial charge in [0.25, 0.3) is 0 Å². The van der Waals surface area contributed by atoms with Crippen LogP contribution in [0.25, 0.3) is 0 Å². The van der Waals surface area contributed by atoms with Crippen LogP contribution in [-0.2, 0) is 0 Å². The van der Waals surface area contributed by atoms with Crippen LogP contribution in [-0.4, -0.2) is 24.7 Å². The molecule has 0 saturated heterocycles. The average Bonchev–Trinajstić information content (AvgIpc) is 2.77. The first-order valence-corrected chi connectivity index (χ1v) is 7.62. The Kier molecular flexibility index (Phi) is 4.48. The van der Waals surface area contributed by atoms with Gasteiger partial charge in [-0.15, -0.1) is 0 Å². The van der Waals surface area contributed by atoms with E-state index in [0.29, 0.717) is 11.1 Å². The van der Waals surface area contributed by atoms with Crippen molar-refractivity contribution in [2.24, 2.45) is 0 Å². The largest absolute Gasteiger partial charge is 0.314 e. The first kappa shape index (κ1) is 13.4. The van der Waals surface area contributed by atoms with Crippen molar-refractivity contribution in [3.8, 4) is 0 Å². The fourth-order valence-electron chi connectivity index (χ4n) is 3.79. The molecular weight excluding hydrogens is 208 g/mol. The molecule has 100 valence electrons. The smallest absolute Gasteiger partial charge is 0.0190 e. The second-order valence-electron chi connectivity index (χ2n) is 6.54. The van der Waals surface area contributed by atoms with Crippen LogP contribution in [0.2, 0.25) is 0 Å². The third-order valence-corrected chi connectivity index (χ3v) is 5.20. The average molecular weight is 238 g/mol. The van der Waals surface area contributed by atoms with Crippen LogP contribution < -0.4 is 10.6 Å². The highest BCUT2D eigenvalue weighted by atomic mass is 15.0. The van der Waals surface area contributed by atoms with Crippen LogP contribution in [0, 0.1) is 0 Å². The molecule has 0 aliphatic heterocycles. The lowest BCUT2D eigenvalue weighted by atomic mass is 9.79. The number of nitrogens with one attached hydrogen (secondary N) is 2. The van der Waals surface area contributed by atoms with Gasteiger partial charge in [-0.2, -0.15) is 0 Å². The maximum absolute atomic E-state index is 3.82. The van der Waals surface area contributed by atoms with Gasteiger partial charge in [-0.3, -0.25) is 0 Å². The molecule has 2 rings (SSSR count). The highest BCUT2D eigenvalue weighted by Crippen LogP contribution is 2.32. The van der Waals surface area contributed by atoms with E-state index < -0.39 is 0 Å². The zero-order valence-corrected chi connectivity index (χ0v) is 11.8. The zero-order valence-electron chi connectivity index (χ0n) is 11.8. The van der Waals surface area contributed by atoms with E-state index in [1.54, 1.807) is 0 Å². The van der Waals surface area contributed by atoms with Gasteiger partial charge in [0.05, 0.1) is 0 Å². The summed E-state index contributed by atoms with van der Waals surface area (Å²) in [7, 11) is 2.16. The molecule has 0 radical (unpaired) electrons. The van der Waals surface area contributed by atoms with Gasteiger partial charge in [0, 0.05) is 11.1 Å². The van der Waals surface area contributed by atoms with E-state index in [9.17, 15) is 0 Å². The predicted molar refractivity (Wildman–Crippen MR) is 74.4 cm³/mol. The first-order valence-electron chi connectivity index (χ1n) is 7.62. The zero-order chi connectivity index (χ0) is 12.2. The maximum atomic E-state index is 3.82. The minimum Gasteiger partial charge on any atom is -0.314 e. The maximum Gasteiger partial charge on any atom is 0.0190 e. The van der Waals surface area contributed by atoms with Crippen molar-refractivity contribution in [1.82, 2.24) is 10.6 Å². The molecule has 2 heteroatoms. The van der Waals surface area contributed by atoms with E-state index in [-0.39, 0.29) is 0 Å². The summed E-state index contributed by atoms with van der Waals surface area (Å²) in [6.45, 7) is 3.60. The highest BCUT2D eigenvalue weighted by molar-refractivity contribution is 4.93. The van der Waals surface area contributed by atoms with Gasteiger partial charge in [-0.1, -0.05) is 32.1 Å². The summed E-state index contributed by atoms with van der Waals surface area (Å²) in [5.74, 6) is 0. The van der Waals surface area contributed by atoms with Crippen molar-refractivity contribution in [3.05, 3.63) is 0 Å². The summed E-state index contributed by atoms with van der Waals surface area (Å²) >= 11 is 0. The molecule has 0 unspecified atom stereocenters. The fourth-order valence-corrected chi connectivity index (χ4v) is 3.79. The summed E-state index contributed by atoms with van der Waals surface area (Å²) < 4.78 is 0. The molecule has 0 heterocycles. The lowest BCUT2D eigenvalue weighted by molar-refractivity contribution is 0.218. The van der Waals surface area contributed by atoms with E-state index >= 15 is 0 Å². The Labute approximate surface area is 107 Å². The van der Waals surface area contributed by atoms with E-state index in [1.807, 2.05) is 0 Å². The van der Waals surface area contributed by atoms with Crippen LogP contribution in [0.4, 0.5) is 0 Å². The van der Waals surface area contributed by atoms with Gasteiger partial charge in [-0.25, -0.2) is 0 Å². The minimum atomic E-state index is 0.445. The molecule has 17 heavy (non-hydrogen) atoms. The molecule has 0 aromatic heterocycles. The number of hydrogen-bond donors (Lipinski definition) is 2. The summed E-state index contributed by atoms with van der Waals surface area (Å²) in [6, 6.07) is 0. The topological polar surface area (TPSA) is 24.1 Å². The lowest BCUT2D eigenvalue weighted by Crippen LogP contribution is -2.49. The number of hydrogen-bond acceptors (Lipinski definition) is 2. The number of rotatable bonds is 5. The Morgan fingerprint density at radius 3 is 2.06 bits per heavy atom. The fraction of sp³-hybridized carbons (Fsp3) is 1.00. The third-order valence-electron chi connectivity index (χ3n) is 5.20. The third kappa shape index (κ3) is 3.45. The molecule has 2 fully saturated rings. The van der Waals surface area contributed by atoms with Crippen LogP contribution >= 0.6 is 0 Å². The Hall–Kier alpha value is -0.0800. The predicted octanol–water partition coefficient (Wildman–Crippen LogP) is 3.22. The van der Waals surface area contributed by atoms with Crippen molar-refractivity contribution < 1.29 is 0 Å². The van der Waals surface area contributed by atoms with Crippen LogP contribution in [0.5, 0.6) is 0 Å². The van der Waals surface area contributed by atoms with Gasteiger partial charge < -0.3 is 10.6 Å². The molecule has 2 N–H and O–H groups in total. The molecule has 2 saturated carbocycles. The Bertz CT molecular complexity index is 225. The Morgan fingerprint density at radius 1 is 0.882 bits per heavy atom. The van der Waals surface area contributed by atoms with E-state index in [1.165, 1.54) is 70.8 Å². The Balaban J connectivity index is 1.75. The van der Waals surface area contributed by atoms with Crippen molar-refractivity contribution in [2.75, 3.05) is 13.6 Å². The van der Waals surface area contributed by atoms with Crippen molar-refractivity contribution >= 4 is 0 Å². The van der Waals surface area contributed by atoms with E-state index in [0.717, 1.165) is 0 Å². The van der Waals surface area contributed by atoms with Gasteiger partial charge in [0.1, 0.15) is 0 Å². The molecule has 2 aliphatic rings. The SMILES string of the molecule is CNC1(CCNC2(C)CCCC2)CCCCC1. The van der Waals surface area contributed by atoms with Crippen LogP contribution in [0.15, 0.2) is 0 Å². The summed E-state index contributed by atoms with van der Waals surface area (Å²) in [4.78, 5) is 0. The Morgan fingerprint density at radius 2 is 1.47 bits per heavy atom. The quantitative estimate of drug-likeness (QED) is 0.768. The van der Waals surface area contributed by atoms with Gasteiger partial charge >= 0.3 is 0 Å². The lowest BCUT2D eigenvalue weighted by Gasteiger charge is -2.38. The van der Waals surface area contributed by atoms with E-state index in [4.69, 9.17) is 0 Å². The van der Waals surface area contributed by atoms with Crippen molar-refractivity contribution in [1.29, 1.82) is 0 Å². The molecule has 2 aliphatic carbocycles. The first-order chi connectivity index (χ1) is 8.18. The van der Waals surface area contributed by atoms with Crippen LogP contribution in [0.3, 0.4) is 0 Å². The summed E-state index contributed by atoms with van der Waals surface area (Å²) in [5.41, 5.74) is 0.893. The summed E-state index contributed by atoms with van der Waals surface area (Å²) in [5, 5.41) is 7.44. The molecule has 0 aromatic rings. The standard InChI is InChI=1S/C15H30N2/c1-14(8-6-7-9-14)17-13-12-15(16-2)10-4-3-5-11-15/h16-17H,3-13H2,1-2H3. The normalized spacial score (nSPS) is 27.2. The summed E-state index contributed by atoms with van der Waals surface area (Å²) in [6.07, 6.45) is 13.9. The molecule has 0 aromatic carbocycles. The monoisotopic (exact) mass is 238 g/mol. The second kappa shape index (κ2) is 5.71. The molecular formula is C15H30N2. The molecule has 0 spiro atoms. The van der Waals surface area contributed by atoms with Gasteiger partial charge in [0.2, 0.25) is 0 Å². The van der Waals surface area contributed by atoms with Crippen molar-refractivity contribution in [2.45, 2.75) is 82.2 Å². The molecule has 0 bridgehead atoms. The van der Waals surface area contributed by atoms with Gasteiger partial charge in [-0.05, 0) is 52.6 Å². The van der Waals surface area contributed by atoms with Crippen molar-refractivity contribution in [3.63, 3.8) is 0 Å². The van der Waals surface area contributed by atoms with Crippen LogP contribution in [0.1, 0.15) is 71.1 Å². The van der Waals surface area contributed by atoms with Gasteiger partial charge in [0.15, 0.2) is 0 Å². The molecule has 0 amide bonds. The minimum absolute atomic E-state index is 0.445. The van der Waals surface area contributed by atoms with E-state index in [2.05, 4.69) is 24.6 Å².